The minimum Gasteiger partial charge on any atom is -0.497 e. The number of likely N-dealkylation sites (N-methyl/N-ethyl adjacent to an activating group) is 1. The van der Waals surface area contributed by atoms with Crippen LogP contribution in [0.3, 0.4) is 0 Å². The minimum atomic E-state index is -3.58. The fraction of sp³-hybridized carbons (Fsp3) is 0.440. The number of anilines is 1. The smallest absolute Gasteiger partial charge is 0.242 e. The number of amides is 2. The zero-order chi connectivity index (χ0) is 26.9. The molecule has 0 aromatic heterocycles. The molecule has 1 atom stereocenters. The number of halogens is 2. The molecule has 0 heterocycles. The third-order valence-electron chi connectivity index (χ3n) is 5.61. The van der Waals surface area contributed by atoms with Gasteiger partial charge in [0.2, 0.25) is 21.8 Å². The Labute approximate surface area is 223 Å². The molecule has 1 N–H and O–H groups in total. The van der Waals surface area contributed by atoms with Gasteiger partial charge in [0, 0.05) is 36.1 Å². The average Bonchev–Trinajstić information content (AvgIpc) is 2.82. The van der Waals surface area contributed by atoms with E-state index in [2.05, 4.69) is 5.32 Å². The van der Waals surface area contributed by atoms with Gasteiger partial charge in [-0.25, -0.2) is 8.42 Å². The van der Waals surface area contributed by atoms with E-state index in [0.717, 1.165) is 6.26 Å². The van der Waals surface area contributed by atoms with Gasteiger partial charge in [-0.2, -0.15) is 0 Å². The van der Waals surface area contributed by atoms with Gasteiger partial charge in [-0.3, -0.25) is 13.9 Å². The SMILES string of the molecule is CCNC(=O)[C@H](CC)N(Cc1ccc(Cl)cc1Cl)C(=O)CCCN(c1ccc(OC)cc1)S(C)(=O)=O. The Morgan fingerprint density at radius 2 is 1.75 bits per heavy atom. The molecular weight excluding hydrogens is 525 g/mol. The van der Waals surface area contributed by atoms with Crippen LogP contribution in [-0.2, 0) is 26.2 Å². The number of ether oxygens (including phenoxy) is 1. The lowest BCUT2D eigenvalue weighted by Crippen LogP contribution is -2.49. The minimum absolute atomic E-state index is 0.0449. The van der Waals surface area contributed by atoms with E-state index in [4.69, 9.17) is 27.9 Å². The first-order valence-electron chi connectivity index (χ1n) is 11.6. The van der Waals surface area contributed by atoms with Crippen LogP contribution in [0.1, 0.15) is 38.7 Å². The molecule has 0 aliphatic heterocycles. The van der Waals surface area contributed by atoms with Crippen LogP contribution in [0.2, 0.25) is 10.0 Å². The highest BCUT2D eigenvalue weighted by atomic mass is 35.5. The molecule has 0 radical (unpaired) electrons. The lowest BCUT2D eigenvalue weighted by molar-refractivity contribution is -0.141. The first-order valence-corrected chi connectivity index (χ1v) is 14.2. The van der Waals surface area contributed by atoms with Crippen LogP contribution in [0.5, 0.6) is 5.75 Å². The lowest BCUT2D eigenvalue weighted by Gasteiger charge is -2.31. The number of hydrogen-bond donors (Lipinski definition) is 1. The van der Waals surface area contributed by atoms with E-state index in [9.17, 15) is 18.0 Å². The molecule has 0 fully saturated rings. The number of nitrogens with zero attached hydrogens (tertiary/aromatic N) is 2. The standard InChI is InChI=1S/C25H33Cl2N3O5S/c1-5-23(25(32)28-6-2)29(17-18-9-10-19(26)16-22(18)27)24(31)8-7-15-30(36(4,33)34)20-11-13-21(35-3)14-12-20/h9-14,16,23H,5-8,15,17H2,1-4H3,(H,28,32)/t23-/m0/s1. The summed E-state index contributed by atoms with van der Waals surface area (Å²) in [6.45, 7) is 4.30. The maximum atomic E-state index is 13.4. The summed E-state index contributed by atoms with van der Waals surface area (Å²) in [5, 5.41) is 3.65. The fourth-order valence-corrected chi connectivity index (χ4v) is 5.23. The highest BCUT2D eigenvalue weighted by Crippen LogP contribution is 2.25. The summed E-state index contributed by atoms with van der Waals surface area (Å²) in [6.07, 6.45) is 1.83. The van der Waals surface area contributed by atoms with Crippen molar-refractivity contribution in [2.24, 2.45) is 0 Å². The predicted octanol–water partition coefficient (Wildman–Crippen LogP) is 4.49. The molecule has 0 aliphatic rings. The molecule has 2 aromatic carbocycles. The summed E-state index contributed by atoms with van der Waals surface area (Å²) in [6, 6.07) is 11.0. The van der Waals surface area contributed by atoms with Crippen LogP contribution in [0.4, 0.5) is 5.69 Å². The van der Waals surface area contributed by atoms with Gasteiger partial charge in [-0.05, 0) is 61.7 Å². The number of nitrogens with one attached hydrogen (secondary N) is 1. The number of sulfonamides is 1. The number of benzene rings is 2. The maximum Gasteiger partial charge on any atom is 0.242 e. The molecule has 36 heavy (non-hydrogen) atoms. The molecule has 8 nitrogen and oxygen atoms in total. The van der Waals surface area contributed by atoms with E-state index in [-0.39, 0.29) is 37.7 Å². The van der Waals surface area contributed by atoms with Gasteiger partial charge in [0.15, 0.2) is 0 Å². The summed E-state index contributed by atoms with van der Waals surface area (Å²) in [5.74, 6) is 0.0755. The van der Waals surface area contributed by atoms with Crippen molar-refractivity contribution in [2.75, 3.05) is 30.8 Å². The van der Waals surface area contributed by atoms with E-state index in [1.807, 2.05) is 13.8 Å². The predicted molar refractivity (Wildman–Crippen MR) is 144 cm³/mol. The third kappa shape index (κ3) is 8.28. The Hall–Kier alpha value is -2.49. The molecule has 198 valence electrons. The highest BCUT2D eigenvalue weighted by molar-refractivity contribution is 7.92. The van der Waals surface area contributed by atoms with Crippen molar-refractivity contribution in [1.29, 1.82) is 0 Å². The third-order valence-corrected chi connectivity index (χ3v) is 7.39. The summed E-state index contributed by atoms with van der Waals surface area (Å²) < 4.78 is 31.3. The number of hydrogen-bond acceptors (Lipinski definition) is 5. The Morgan fingerprint density at radius 3 is 2.28 bits per heavy atom. The van der Waals surface area contributed by atoms with Crippen molar-refractivity contribution in [3.05, 3.63) is 58.1 Å². The highest BCUT2D eigenvalue weighted by Gasteiger charge is 2.29. The lowest BCUT2D eigenvalue weighted by atomic mass is 10.1. The topological polar surface area (TPSA) is 96.0 Å². The largest absolute Gasteiger partial charge is 0.497 e. The van der Waals surface area contributed by atoms with E-state index in [1.54, 1.807) is 42.5 Å². The second-order valence-corrected chi connectivity index (χ2v) is 11.0. The van der Waals surface area contributed by atoms with Crippen LogP contribution in [0, 0.1) is 0 Å². The van der Waals surface area contributed by atoms with E-state index in [1.165, 1.54) is 16.3 Å². The van der Waals surface area contributed by atoms with E-state index >= 15 is 0 Å². The normalized spacial score (nSPS) is 12.1. The second-order valence-electron chi connectivity index (χ2n) is 8.21. The zero-order valence-corrected chi connectivity index (χ0v) is 23.3. The summed E-state index contributed by atoms with van der Waals surface area (Å²) >= 11 is 12.4. The van der Waals surface area contributed by atoms with Crippen LogP contribution in [-0.4, -0.2) is 57.6 Å². The molecule has 0 unspecified atom stereocenters. The Kier molecular flexibility index (Phi) is 11.3. The van der Waals surface area contributed by atoms with Gasteiger partial charge in [0.1, 0.15) is 11.8 Å². The molecule has 11 heteroatoms. The van der Waals surface area contributed by atoms with Crippen LogP contribution < -0.4 is 14.4 Å². The van der Waals surface area contributed by atoms with Crippen LogP contribution >= 0.6 is 23.2 Å². The van der Waals surface area contributed by atoms with Crippen molar-refractivity contribution in [2.45, 2.75) is 45.7 Å². The van der Waals surface area contributed by atoms with Crippen molar-refractivity contribution in [1.82, 2.24) is 10.2 Å². The summed E-state index contributed by atoms with van der Waals surface area (Å²) in [4.78, 5) is 27.6. The van der Waals surface area contributed by atoms with E-state index < -0.39 is 16.1 Å². The molecule has 0 aliphatic carbocycles. The van der Waals surface area contributed by atoms with Crippen LogP contribution in [0.15, 0.2) is 42.5 Å². The average molecular weight is 559 g/mol. The molecule has 2 amide bonds. The van der Waals surface area contributed by atoms with Gasteiger partial charge in [-0.1, -0.05) is 36.2 Å². The van der Waals surface area contributed by atoms with Gasteiger partial charge in [0.25, 0.3) is 0 Å². The number of rotatable bonds is 13. The molecule has 0 spiro atoms. The molecule has 2 aromatic rings. The molecule has 0 saturated carbocycles. The van der Waals surface area contributed by atoms with Gasteiger partial charge in [0.05, 0.1) is 19.1 Å². The number of carbonyl (C=O) groups is 2. The first-order chi connectivity index (χ1) is 17.0. The molecule has 0 saturated heterocycles. The molecular formula is C25H33Cl2N3O5S. The van der Waals surface area contributed by atoms with E-state index in [0.29, 0.717) is 40.0 Å². The van der Waals surface area contributed by atoms with Gasteiger partial charge in [-0.15, -0.1) is 0 Å². The monoisotopic (exact) mass is 557 g/mol. The number of carbonyl (C=O) groups excluding carboxylic acids is 2. The second kappa shape index (κ2) is 13.7. The van der Waals surface area contributed by atoms with Crippen molar-refractivity contribution in [3.8, 4) is 5.75 Å². The van der Waals surface area contributed by atoms with Gasteiger partial charge < -0.3 is 15.0 Å². The van der Waals surface area contributed by atoms with Crippen molar-refractivity contribution < 1.29 is 22.7 Å². The zero-order valence-electron chi connectivity index (χ0n) is 21.0. The van der Waals surface area contributed by atoms with Crippen molar-refractivity contribution in [3.63, 3.8) is 0 Å². The van der Waals surface area contributed by atoms with Gasteiger partial charge >= 0.3 is 0 Å². The fourth-order valence-electron chi connectivity index (χ4n) is 3.80. The number of methoxy groups -OCH3 is 1. The van der Waals surface area contributed by atoms with Crippen molar-refractivity contribution >= 4 is 50.7 Å². The maximum absolute atomic E-state index is 13.4. The summed E-state index contributed by atoms with van der Waals surface area (Å²) in [7, 11) is -2.05. The molecule has 0 bridgehead atoms. The Bertz CT molecular complexity index is 1140. The summed E-state index contributed by atoms with van der Waals surface area (Å²) in [5.41, 5.74) is 1.14. The first kappa shape index (κ1) is 29.7. The Morgan fingerprint density at radius 1 is 1.08 bits per heavy atom. The van der Waals surface area contributed by atoms with Crippen LogP contribution in [0.25, 0.3) is 0 Å². The molecule has 2 rings (SSSR count). The quantitative estimate of drug-likeness (QED) is 0.391. The Balaban J connectivity index is 2.22.